The van der Waals surface area contributed by atoms with Gasteiger partial charge in [-0.3, -0.25) is 0 Å². The van der Waals surface area contributed by atoms with E-state index in [4.69, 9.17) is 5.11 Å². The number of esters is 2. The van der Waals surface area contributed by atoms with Crippen LogP contribution in [-0.2, 0) is 19.1 Å². The summed E-state index contributed by atoms with van der Waals surface area (Å²) < 4.78 is 9.05. The second-order valence-electron chi connectivity index (χ2n) is 2.81. The first-order valence-corrected chi connectivity index (χ1v) is 3.96. The van der Waals surface area contributed by atoms with Gasteiger partial charge in [-0.25, -0.2) is 9.59 Å². The van der Waals surface area contributed by atoms with Crippen LogP contribution >= 0.6 is 0 Å². The van der Waals surface area contributed by atoms with E-state index < -0.39 is 30.4 Å². The number of rotatable bonds is 2. The van der Waals surface area contributed by atoms with Crippen LogP contribution in [0.1, 0.15) is 6.92 Å². The first-order chi connectivity index (χ1) is 6.50. The Labute approximate surface area is 79.7 Å². The van der Waals surface area contributed by atoms with Gasteiger partial charge in [-0.15, -0.1) is 0 Å². The molecular formula is C8H10O6. The second kappa shape index (κ2) is 4.21. The molecule has 0 aromatic heterocycles. The Balaban J connectivity index is 2.71. The van der Waals surface area contributed by atoms with Crippen molar-refractivity contribution in [1.82, 2.24) is 0 Å². The summed E-state index contributed by atoms with van der Waals surface area (Å²) in [6, 6.07) is 0. The zero-order valence-corrected chi connectivity index (χ0v) is 7.41. The number of carbonyl (C=O) groups is 2. The molecule has 0 saturated heterocycles. The third kappa shape index (κ3) is 2.54. The highest BCUT2D eigenvalue weighted by Gasteiger charge is 2.31. The summed E-state index contributed by atoms with van der Waals surface area (Å²) in [6.07, 6.45) is -2.32. The Kier molecular flexibility index (Phi) is 3.21. The minimum absolute atomic E-state index is 0.805. The van der Waals surface area contributed by atoms with Crippen LogP contribution in [0.25, 0.3) is 0 Å². The number of hydrogen-bond donors (Lipinski definition) is 2. The number of hydrogen-bond acceptors (Lipinski definition) is 6. The summed E-state index contributed by atoms with van der Waals surface area (Å²) in [5.74, 6) is -1.61. The van der Waals surface area contributed by atoms with Crippen molar-refractivity contribution in [2.45, 2.75) is 25.4 Å². The fraction of sp³-hybridized carbons (Fsp3) is 0.500. The zero-order chi connectivity index (χ0) is 10.7. The molecule has 0 aromatic rings. The summed E-state index contributed by atoms with van der Waals surface area (Å²) in [5.41, 5.74) is 0. The van der Waals surface area contributed by atoms with Gasteiger partial charge in [0, 0.05) is 12.2 Å². The van der Waals surface area contributed by atoms with Crippen LogP contribution in [0.3, 0.4) is 0 Å². The van der Waals surface area contributed by atoms with Crippen molar-refractivity contribution in [3.05, 3.63) is 12.2 Å². The van der Waals surface area contributed by atoms with Crippen molar-refractivity contribution >= 4 is 11.9 Å². The number of cyclic esters (lactones) is 2. The highest BCUT2D eigenvalue weighted by atomic mass is 16.7. The molecule has 2 N–H and O–H groups in total. The van der Waals surface area contributed by atoms with Crippen LogP contribution in [0.15, 0.2) is 12.2 Å². The topological polar surface area (TPSA) is 93.1 Å². The Bertz CT molecular complexity index is 249. The van der Waals surface area contributed by atoms with E-state index in [9.17, 15) is 14.7 Å². The van der Waals surface area contributed by atoms with Gasteiger partial charge in [0.25, 0.3) is 6.29 Å². The molecule has 78 valence electrons. The second-order valence-corrected chi connectivity index (χ2v) is 2.81. The minimum atomic E-state index is -1.47. The average molecular weight is 202 g/mol. The number of aliphatic hydroxyl groups is 2. The molecule has 0 fully saturated rings. The van der Waals surface area contributed by atoms with Gasteiger partial charge in [0.2, 0.25) is 0 Å². The van der Waals surface area contributed by atoms with E-state index in [-0.39, 0.29) is 0 Å². The van der Waals surface area contributed by atoms with E-state index in [1.165, 1.54) is 6.92 Å². The summed E-state index contributed by atoms with van der Waals surface area (Å²) in [6.45, 7) is 1.28. The third-order valence-electron chi connectivity index (χ3n) is 1.59. The van der Waals surface area contributed by atoms with E-state index in [0.29, 0.717) is 0 Å². The Morgan fingerprint density at radius 1 is 1.21 bits per heavy atom. The molecular weight excluding hydrogens is 192 g/mol. The summed E-state index contributed by atoms with van der Waals surface area (Å²) >= 11 is 0. The maximum atomic E-state index is 10.8. The molecule has 6 heteroatoms. The van der Waals surface area contributed by atoms with Crippen molar-refractivity contribution in [2.24, 2.45) is 0 Å². The van der Waals surface area contributed by atoms with Crippen LogP contribution in [0, 0.1) is 0 Å². The van der Waals surface area contributed by atoms with Gasteiger partial charge < -0.3 is 19.7 Å². The number of carbonyl (C=O) groups excluding carboxylic acids is 2. The van der Waals surface area contributed by atoms with E-state index in [1.54, 1.807) is 0 Å². The molecule has 1 aliphatic rings. The van der Waals surface area contributed by atoms with Crippen LogP contribution < -0.4 is 0 Å². The van der Waals surface area contributed by atoms with Gasteiger partial charge in [0.15, 0.2) is 6.10 Å². The zero-order valence-electron chi connectivity index (χ0n) is 7.41. The van der Waals surface area contributed by atoms with E-state index >= 15 is 0 Å². The van der Waals surface area contributed by atoms with Crippen LogP contribution in [0.4, 0.5) is 0 Å². The van der Waals surface area contributed by atoms with Gasteiger partial charge in [0.1, 0.15) is 0 Å². The van der Waals surface area contributed by atoms with Crippen molar-refractivity contribution in [1.29, 1.82) is 0 Å². The van der Waals surface area contributed by atoms with Crippen molar-refractivity contribution in [3.8, 4) is 0 Å². The lowest BCUT2D eigenvalue weighted by Gasteiger charge is -2.22. The quantitative estimate of drug-likeness (QED) is 0.541. The van der Waals surface area contributed by atoms with Crippen LogP contribution in [-0.4, -0.2) is 40.6 Å². The maximum Gasteiger partial charge on any atom is 0.334 e. The largest absolute Gasteiger partial charge is 0.419 e. The average Bonchev–Trinajstić information content (AvgIpc) is 2.27. The molecule has 0 spiro atoms. The molecule has 2 unspecified atom stereocenters. The first kappa shape index (κ1) is 10.7. The molecule has 2 atom stereocenters. The Morgan fingerprint density at radius 2 is 1.64 bits per heavy atom. The third-order valence-corrected chi connectivity index (χ3v) is 1.59. The SMILES string of the molecule is CC(O)C(O)C1OC(=O)C=CC(=O)O1. The first-order valence-electron chi connectivity index (χ1n) is 3.96. The van der Waals surface area contributed by atoms with Crippen molar-refractivity contribution in [2.75, 3.05) is 0 Å². The lowest BCUT2D eigenvalue weighted by Crippen LogP contribution is -2.40. The molecule has 0 amide bonds. The lowest BCUT2D eigenvalue weighted by molar-refractivity contribution is -0.207. The maximum absolute atomic E-state index is 10.8. The molecule has 0 radical (unpaired) electrons. The normalized spacial score (nSPS) is 22.2. The monoisotopic (exact) mass is 202 g/mol. The summed E-state index contributed by atoms with van der Waals surface area (Å²) in [7, 11) is 0. The smallest absolute Gasteiger partial charge is 0.334 e. The van der Waals surface area contributed by atoms with Crippen molar-refractivity contribution < 1.29 is 29.3 Å². The predicted molar refractivity (Wildman–Crippen MR) is 42.8 cm³/mol. The highest BCUT2D eigenvalue weighted by molar-refractivity contribution is 5.93. The number of aliphatic hydroxyl groups excluding tert-OH is 2. The van der Waals surface area contributed by atoms with Gasteiger partial charge in [-0.05, 0) is 6.92 Å². The molecule has 0 saturated carbocycles. The predicted octanol–water partition coefficient (Wildman–Crippen LogP) is -1.29. The van der Waals surface area contributed by atoms with Gasteiger partial charge in [-0.2, -0.15) is 0 Å². The summed E-state index contributed by atoms with van der Waals surface area (Å²) in [5, 5.41) is 18.3. The molecule has 14 heavy (non-hydrogen) atoms. The lowest BCUT2D eigenvalue weighted by atomic mass is 10.2. The van der Waals surface area contributed by atoms with Crippen LogP contribution in [0.5, 0.6) is 0 Å². The Morgan fingerprint density at radius 3 is 2.00 bits per heavy atom. The molecule has 1 heterocycles. The van der Waals surface area contributed by atoms with Gasteiger partial charge in [0.05, 0.1) is 6.10 Å². The molecule has 1 rings (SSSR count). The Hall–Kier alpha value is -1.40. The molecule has 0 bridgehead atoms. The fourth-order valence-electron chi connectivity index (χ4n) is 0.835. The molecule has 0 aromatic carbocycles. The fourth-order valence-corrected chi connectivity index (χ4v) is 0.835. The highest BCUT2D eigenvalue weighted by Crippen LogP contribution is 2.10. The van der Waals surface area contributed by atoms with E-state index in [2.05, 4.69) is 9.47 Å². The van der Waals surface area contributed by atoms with E-state index in [1.807, 2.05) is 0 Å². The van der Waals surface area contributed by atoms with Gasteiger partial charge >= 0.3 is 11.9 Å². The van der Waals surface area contributed by atoms with Crippen LogP contribution in [0.2, 0.25) is 0 Å². The van der Waals surface area contributed by atoms with Gasteiger partial charge in [-0.1, -0.05) is 0 Å². The molecule has 0 aliphatic carbocycles. The molecule has 6 nitrogen and oxygen atoms in total. The standard InChI is InChI=1S/C8H10O6/c1-4(9)7(12)8-13-5(10)2-3-6(11)14-8/h2-4,7-9,12H,1H3. The molecule has 1 aliphatic heterocycles. The summed E-state index contributed by atoms with van der Waals surface area (Å²) in [4.78, 5) is 21.7. The van der Waals surface area contributed by atoms with Crippen molar-refractivity contribution in [3.63, 3.8) is 0 Å². The minimum Gasteiger partial charge on any atom is -0.419 e. The number of ether oxygens (including phenoxy) is 2. The van der Waals surface area contributed by atoms with E-state index in [0.717, 1.165) is 12.2 Å².